The van der Waals surface area contributed by atoms with Crippen LogP contribution in [0.25, 0.3) is 0 Å². The van der Waals surface area contributed by atoms with Crippen LogP contribution in [-0.2, 0) is 0 Å². The maximum absolute atomic E-state index is 5.53. The Morgan fingerprint density at radius 2 is 2.20 bits per heavy atom. The van der Waals surface area contributed by atoms with E-state index in [4.69, 9.17) is 11.6 Å². The Balaban J connectivity index is 2.38. The van der Waals surface area contributed by atoms with E-state index in [9.17, 15) is 0 Å². The largest absolute Gasteiger partial charge is 0.295 e. The van der Waals surface area contributed by atoms with Gasteiger partial charge in [-0.2, -0.15) is 0 Å². The van der Waals surface area contributed by atoms with Crippen molar-refractivity contribution in [2.45, 2.75) is 11.9 Å². The molecule has 0 saturated carbocycles. The monoisotopic (exact) mass is 91.0 g/mol. The molecule has 0 radical (unpaired) electrons. The molecule has 1 unspecified atom stereocenters. The van der Waals surface area contributed by atoms with E-state index in [1.54, 1.807) is 0 Å². The molecule has 0 spiro atoms. The third-order valence-corrected chi connectivity index (χ3v) is 0.931. The third kappa shape index (κ3) is 0.781. The Morgan fingerprint density at radius 1 is 2.00 bits per heavy atom. The number of halogens is 1. The summed E-state index contributed by atoms with van der Waals surface area (Å²) in [4.78, 5) is -0.0278. The summed E-state index contributed by atoms with van der Waals surface area (Å²) >= 11 is 5.53. The lowest BCUT2D eigenvalue weighted by Crippen LogP contribution is -1.93. The van der Waals surface area contributed by atoms with Crippen LogP contribution in [0.2, 0.25) is 0 Å². The van der Waals surface area contributed by atoms with Gasteiger partial charge in [0, 0.05) is 6.54 Å². The van der Waals surface area contributed by atoms with Crippen molar-refractivity contribution in [2.75, 3.05) is 6.54 Å². The van der Waals surface area contributed by atoms with Gasteiger partial charge in [-0.25, -0.2) is 0 Å². The van der Waals surface area contributed by atoms with E-state index in [-0.39, 0.29) is 5.00 Å². The Labute approximate surface area is 36.3 Å². The van der Waals surface area contributed by atoms with Crippen molar-refractivity contribution < 1.29 is 0 Å². The molecule has 1 fully saturated rings. The molecule has 1 atom stereocenters. The summed E-state index contributed by atoms with van der Waals surface area (Å²) in [6.07, 6.45) is 0. The zero-order chi connectivity index (χ0) is 3.91. The molecule has 2 heteroatoms. The average Bonchev–Trinajstić information content (AvgIpc) is 1.76. The summed E-state index contributed by atoms with van der Waals surface area (Å²) in [6, 6.07) is 0. The summed E-state index contributed by atoms with van der Waals surface area (Å²) in [7, 11) is 0. The molecule has 1 rings (SSSR count). The van der Waals surface area contributed by atoms with Crippen molar-refractivity contribution >= 4 is 11.6 Å². The van der Waals surface area contributed by atoms with E-state index < -0.39 is 0 Å². The van der Waals surface area contributed by atoms with Crippen LogP contribution in [0, 0.1) is 0 Å². The maximum atomic E-state index is 5.53. The van der Waals surface area contributed by atoms with Crippen LogP contribution in [0.3, 0.4) is 0 Å². The first kappa shape index (κ1) is 3.44. The summed E-state index contributed by atoms with van der Waals surface area (Å²) in [5, 5.41) is 2.94. The molecule has 0 bridgehead atoms. The molecule has 1 heterocycles. The van der Waals surface area contributed by atoms with Crippen molar-refractivity contribution in [3.63, 3.8) is 0 Å². The van der Waals surface area contributed by atoms with Gasteiger partial charge in [-0.3, -0.25) is 5.32 Å². The lowest BCUT2D eigenvalue weighted by Gasteiger charge is -1.80. The van der Waals surface area contributed by atoms with E-state index in [1.165, 1.54) is 0 Å². The second-order valence-electron chi connectivity index (χ2n) is 1.55. The van der Waals surface area contributed by atoms with E-state index in [0.29, 0.717) is 0 Å². The predicted octanol–water partition coefficient (Wildman–Crippen LogP) is 0.545. The van der Waals surface area contributed by atoms with Crippen LogP contribution in [0.5, 0.6) is 0 Å². The Bertz CT molecular complexity index is 44.9. The number of nitrogens with one attached hydrogen (secondary N) is 1. The van der Waals surface area contributed by atoms with Crippen molar-refractivity contribution in [3.8, 4) is 0 Å². The fraction of sp³-hybridized carbons (Fsp3) is 1.00. The van der Waals surface area contributed by atoms with Crippen LogP contribution >= 0.6 is 11.6 Å². The van der Waals surface area contributed by atoms with Gasteiger partial charge in [0.1, 0.15) is 5.00 Å². The highest BCUT2D eigenvalue weighted by molar-refractivity contribution is 6.25. The smallest absolute Gasteiger partial charge is 0.103 e. The molecule has 1 aliphatic rings. The number of hydrogen-bond acceptors (Lipinski definition) is 1. The molecule has 1 saturated heterocycles. The summed E-state index contributed by atoms with van der Waals surface area (Å²) in [5.74, 6) is 0. The highest BCUT2D eigenvalue weighted by Gasteiger charge is 2.32. The second-order valence-corrected chi connectivity index (χ2v) is 2.39. The third-order valence-electron chi connectivity index (χ3n) is 0.664. The molecule has 0 aromatic heterocycles. The summed E-state index contributed by atoms with van der Waals surface area (Å²) in [5.41, 5.74) is 0. The number of hydrogen-bond donors (Lipinski definition) is 1. The van der Waals surface area contributed by atoms with Crippen molar-refractivity contribution in [3.05, 3.63) is 0 Å². The van der Waals surface area contributed by atoms with E-state index in [1.807, 2.05) is 6.92 Å². The molecule has 0 aromatic carbocycles. The molecule has 1 N–H and O–H groups in total. The summed E-state index contributed by atoms with van der Waals surface area (Å²) in [6.45, 7) is 2.92. The standard InChI is InChI=1S/C3H6ClN/c1-3(4)2-5-3/h5H,2H2,1H3. The van der Waals surface area contributed by atoms with Gasteiger partial charge in [-0.05, 0) is 6.92 Å². The lowest BCUT2D eigenvalue weighted by atomic mass is 10.6. The van der Waals surface area contributed by atoms with Crippen LogP contribution < -0.4 is 5.32 Å². The molecule has 0 aliphatic carbocycles. The lowest BCUT2D eigenvalue weighted by molar-refractivity contribution is 0.992. The SMILES string of the molecule is CC1(Cl)CN1. The van der Waals surface area contributed by atoms with E-state index >= 15 is 0 Å². The number of rotatable bonds is 0. The molecular weight excluding hydrogens is 85.5 g/mol. The van der Waals surface area contributed by atoms with Gasteiger partial charge in [-0.15, -0.1) is 11.6 Å². The zero-order valence-corrected chi connectivity index (χ0v) is 3.84. The first-order valence-electron chi connectivity index (χ1n) is 1.65. The minimum atomic E-state index is -0.0278. The van der Waals surface area contributed by atoms with Gasteiger partial charge in [0.25, 0.3) is 0 Å². The number of alkyl halides is 1. The predicted molar refractivity (Wildman–Crippen MR) is 22.3 cm³/mol. The minimum absolute atomic E-state index is 0.0278. The zero-order valence-electron chi connectivity index (χ0n) is 3.09. The second kappa shape index (κ2) is 0.660. The first-order valence-corrected chi connectivity index (χ1v) is 2.02. The van der Waals surface area contributed by atoms with E-state index in [2.05, 4.69) is 5.32 Å². The Hall–Kier alpha value is 0.250. The highest BCUT2D eigenvalue weighted by atomic mass is 35.5. The van der Waals surface area contributed by atoms with Gasteiger partial charge >= 0.3 is 0 Å². The van der Waals surface area contributed by atoms with Crippen LogP contribution in [0.4, 0.5) is 0 Å². The van der Waals surface area contributed by atoms with Gasteiger partial charge < -0.3 is 0 Å². The molecule has 0 aromatic rings. The molecule has 5 heavy (non-hydrogen) atoms. The van der Waals surface area contributed by atoms with Crippen LogP contribution in [-0.4, -0.2) is 11.5 Å². The van der Waals surface area contributed by atoms with Crippen LogP contribution in [0.1, 0.15) is 6.92 Å². The summed E-state index contributed by atoms with van der Waals surface area (Å²) < 4.78 is 0. The minimum Gasteiger partial charge on any atom is -0.295 e. The fourth-order valence-corrected chi connectivity index (χ4v) is 0.189. The maximum Gasteiger partial charge on any atom is 0.103 e. The molecule has 1 nitrogen and oxygen atoms in total. The van der Waals surface area contributed by atoms with Crippen LogP contribution in [0.15, 0.2) is 0 Å². The van der Waals surface area contributed by atoms with Gasteiger partial charge in [0.2, 0.25) is 0 Å². The normalized spacial score (nSPS) is 49.2. The topological polar surface area (TPSA) is 21.9 Å². The van der Waals surface area contributed by atoms with Crippen molar-refractivity contribution in [1.82, 2.24) is 5.32 Å². The molecule has 30 valence electrons. The molecule has 0 amide bonds. The highest BCUT2D eigenvalue weighted by Crippen LogP contribution is 2.19. The Morgan fingerprint density at radius 3 is 2.20 bits per heavy atom. The van der Waals surface area contributed by atoms with Gasteiger partial charge in [-0.1, -0.05) is 0 Å². The quantitative estimate of drug-likeness (QED) is 0.262. The Kier molecular flexibility index (Phi) is 0.454. The van der Waals surface area contributed by atoms with Gasteiger partial charge in [0.15, 0.2) is 0 Å². The van der Waals surface area contributed by atoms with E-state index in [0.717, 1.165) is 6.54 Å². The average molecular weight is 91.5 g/mol. The van der Waals surface area contributed by atoms with Gasteiger partial charge in [0.05, 0.1) is 0 Å². The molecule has 1 aliphatic heterocycles. The van der Waals surface area contributed by atoms with Crippen molar-refractivity contribution in [2.24, 2.45) is 0 Å². The fourth-order valence-electron chi connectivity index (χ4n) is 0.122. The molecular formula is C3H6ClN. The first-order chi connectivity index (χ1) is 2.21. The van der Waals surface area contributed by atoms with Crippen molar-refractivity contribution in [1.29, 1.82) is 0 Å².